The monoisotopic (exact) mass is 217 g/mol. The van der Waals surface area contributed by atoms with Gasteiger partial charge in [-0.2, -0.15) is 0 Å². The van der Waals surface area contributed by atoms with Crippen LogP contribution in [0.2, 0.25) is 0 Å². The van der Waals surface area contributed by atoms with E-state index in [4.69, 9.17) is 10.2 Å². The number of benzene rings is 1. The van der Waals surface area contributed by atoms with Crippen LogP contribution in [0.15, 0.2) is 21.3 Å². The summed E-state index contributed by atoms with van der Waals surface area (Å²) in [7, 11) is 0. The highest BCUT2D eigenvalue weighted by Crippen LogP contribution is 2.21. The Morgan fingerprint density at radius 1 is 1.31 bits per heavy atom. The van der Waals surface area contributed by atoms with Crippen LogP contribution >= 0.6 is 0 Å². The molecule has 0 atom stereocenters. The van der Waals surface area contributed by atoms with E-state index >= 15 is 0 Å². The second-order valence-electron chi connectivity index (χ2n) is 3.79. The van der Waals surface area contributed by atoms with Crippen molar-refractivity contribution in [2.24, 2.45) is 0 Å². The van der Waals surface area contributed by atoms with Gasteiger partial charge >= 0.3 is 0 Å². The maximum atomic E-state index is 11.9. The predicted octanol–water partition coefficient (Wildman–Crippen LogP) is 1.80. The van der Waals surface area contributed by atoms with E-state index in [9.17, 15) is 9.59 Å². The minimum atomic E-state index is -0.374. The molecule has 0 radical (unpaired) electrons. The lowest BCUT2D eigenvalue weighted by molar-refractivity contribution is 0.112. The standard InChI is InChI=1S/C12H11NO3/c1-6-3-7(2)11-8(4-6)10(15)9(5-14)12(13)16-11/h3-5H,13H2,1-2H3. The minimum absolute atomic E-state index is 0.113. The van der Waals surface area contributed by atoms with E-state index in [1.54, 1.807) is 6.07 Å². The van der Waals surface area contributed by atoms with Crippen LogP contribution in [0.1, 0.15) is 21.5 Å². The van der Waals surface area contributed by atoms with Crippen molar-refractivity contribution in [3.05, 3.63) is 39.0 Å². The van der Waals surface area contributed by atoms with Crippen LogP contribution in [-0.2, 0) is 0 Å². The number of carbonyl (C=O) groups is 1. The van der Waals surface area contributed by atoms with Gasteiger partial charge in [-0.1, -0.05) is 6.07 Å². The molecule has 2 N–H and O–H groups in total. The SMILES string of the molecule is Cc1cc(C)c2oc(N)c(C=O)c(=O)c2c1. The fourth-order valence-corrected chi connectivity index (χ4v) is 1.79. The third kappa shape index (κ3) is 1.39. The maximum Gasteiger partial charge on any atom is 0.205 e. The van der Waals surface area contributed by atoms with Crippen LogP contribution in [0.5, 0.6) is 0 Å². The largest absolute Gasteiger partial charge is 0.440 e. The summed E-state index contributed by atoms with van der Waals surface area (Å²) in [5.74, 6) is -0.126. The number of rotatable bonds is 1. The topological polar surface area (TPSA) is 73.3 Å². The summed E-state index contributed by atoms with van der Waals surface area (Å²) in [5.41, 5.74) is 7.24. The molecule has 1 aromatic carbocycles. The third-order valence-corrected chi connectivity index (χ3v) is 2.50. The van der Waals surface area contributed by atoms with Gasteiger partial charge < -0.3 is 10.2 Å². The average molecular weight is 217 g/mol. The van der Waals surface area contributed by atoms with Crippen molar-refractivity contribution in [1.82, 2.24) is 0 Å². The number of aldehydes is 1. The summed E-state index contributed by atoms with van der Waals surface area (Å²) in [4.78, 5) is 22.6. The Bertz CT molecular complexity index is 641. The number of anilines is 1. The van der Waals surface area contributed by atoms with Gasteiger partial charge in [0.15, 0.2) is 6.29 Å². The first-order valence-electron chi connectivity index (χ1n) is 4.83. The average Bonchev–Trinajstić information content (AvgIpc) is 2.21. The van der Waals surface area contributed by atoms with E-state index in [-0.39, 0.29) is 16.9 Å². The van der Waals surface area contributed by atoms with Crippen molar-refractivity contribution in [2.75, 3.05) is 5.73 Å². The maximum absolute atomic E-state index is 11.9. The van der Waals surface area contributed by atoms with Crippen molar-refractivity contribution < 1.29 is 9.21 Å². The fraction of sp³-hybridized carbons (Fsp3) is 0.167. The molecule has 0 aliphatic rings. The molecule has 82 valence electrons. The normalized spacial score (nSPS) is 10.6. The lowest BCUT2D eigenvalue weighted by Crippen LogP contribution is -2.12. The second-order valence-corrected chi connectivity index (χ2v) is 3.79. The van der Waals surface area contributed by atoms with E-state index in [1.807, 2.05) is 19.9 Å². The highest BCUT2D eigenvalue weighted by molar-refractivity contribution is 5.90. The summed E-state index contributed by atoms with van der Waals surface area (Å²) < 4.78 is 5.30. The summed E-state index contributed by atoms with van der Waals surface area (Å²) >= 11 is 0. The third-order valence-electron chi connectivity index (χ3n) is 2.50. The van der Waals surface area contributed by atoms with Crippen molar-refractivity contribution in [3.63, 3.8) is 0 Å². The Morgan fingerprint density at radius 2 is 2.00 bits per heavy atom. The molecule has 0 fully saturated rings. The van der Waals surface area contributed by atoms with Crippen LogP contribution in [0.3, 0.4) is 0 Å². The van der Waals surface area contributed by atoms with Crippen molar-refractivity contribution >= 4 is 23.1 Å². The minimum Gasteiger partial charge on any atom is -0.440 e. The molecule has 0 aliphatic carbocycles. The lowest BCUT2D eigenvalue weighted by Gasteiger charge is -2.05. The van der Waals surface area contributed by atoms with Crippen LogP contribution in [0.25, 0.3) is 11.0 Å². The molecule has 0 aliphatic heterocycles. The summed E-state index contributed by atoms with van der Waals surface area (Å²) in [6.45, 7) is 3.71. The molecule has 16 heavy (non-hydrogen) atoms. The van der Waals surface area contributed by atoms with Gasteiger partial charge in [-0.25, -0.2) is 0 Å². The van der Waals surface area contributed by atoms with E-state index in [0.29, 0.717) is 17.3 Å². The van der Waals surface area contributed by atoms with Gasteiger partial charge in [0.05, 0.1) is 5.39 Å². The van der Waals surface area contributed by atoms with Crippen LogP contribution in [0, 0.1) is 13.8 Å². The highest BCUT2D eigenvalue weighted by atomic mass is 16.3. The number of aryl methyl sites for hydroxylation is 2. The molecule has 0 spiro atoms. The first-order chi connectivity index (χ1) is 7.54. The number of nitrogen functional groups attached to an aromatic ring is 1. The Morgan fingerprint density at radius 3 is 2.62 bits per heavy atom. The second kappa shape index (κ2) is 3.48. The first-order valence-corrected chi connectivity index (χ1v) is 4.83. The summed E-state index contributed by atoms with van der Waals surface area (Å²) in [6, 6.07) is 3.59. The van der Waals surface area contributed by atoms with Crippen LogP contribution < -0.4 is 11.2 Å². The van der Waals surface area contributed by atoms with Crippen molar-refractivity contribution in [3.8, 4) is 0 Å². The molecule has 4 heteroatoms. The molecule has 0 saturated carbocycles. The Hall–Kier alpha value is -2.10. The first kappa shape index (κ1) is 10.4. The van der Waals surface area contributed by atoms with Gasteiger partial charge in [-0.15, -0.1) is 0 Å². The highest BCUT2D eigenvalue weighted by Gasteiger charge is 2.13. The van der Waals surface area contributed by atoms with Gasteiger partial charge in [0.2, 0.25) is 11.3 Å². The number of hydrogen-bond acceptors (Lipinski definition) is 4. The van der Waals surface area contributed by atoms with Gasteiger partial charge in [0, 0.05) is 0 Å². The van der Waals surface area contributed by atoms with Gasteiger partial charge in [-0.3, -0.25) is 9.59 Å². The zero-order valence-corrected chi connectivity index (χ0v) is 9.03. The molecule has 1 aromatic heterocycles. The van der Waals surface area contributed by atoms with E-state index in [2.05, 4.69) is 0 Å². The summed E-state index contributed by atoms with van der Waals surface area (Å²) in [6.07, 6.45) is 0.429. The van der Waals surface area contributed by atoms with E-state index < -0.39 is 0 Å². The van der Waals surface area contributed by atoms with E-state index in [1.165, 1.54) is 0 Å². The Labute approximate surface area is 91.7 Å². The van der Waals surface area contributed by atoms with Gasteiger partial charge in [-0.05, 0) is 31.0 Å². The van der Waals surface area contributed by atoms with Gasteiger partial charge in [0.25, 0.3) is 0 Å². The van der Waals surface area contributed by atoms with E-state index in [0.717, 1.165) is 11.1 Å². The van der Waals surface area contributed by atoms with Crippen molar-refractivity contribution in [1.29, 1.82) is 0 Å². The molecule has 0 amide bonds. The zero-order chi connectivity index (χ0) is 11.9. The lowest BCUT2D eigenvalue weighted by atomic mass is 10.1. The molecule has 0 bridgehead atoms. The molecular weight excluding hydrogens is 206 g/mol. The molecule has 4 nitrogen and oxygen atoms in total. The fourth-order valence-electron chi connectivity index (χ4n) is 1.79. The number of hydrogen-bond donors (Lipinski definition) is 1. The van der Waals surface area contributed by atoms with Crippen LogP contribution in [0.4, 0.5) is 5.88 Å². The number of nitrogens with two attached hydrogens (primary N) is 1. The van der Waals surface area contributed by atoms with Crippen LogP contribution in [-0.4, -0.2) is 6.29 Å². The predicted molar refractivity (Wildman–Crippen MR) is 61.8 cm³/mol. The number of carbonyl (C=O) groups excluding carboxylic acids is 1. The number of fused-ring (bicyclic) bond motifs is 1. The summed E-state index contributed by atoms with van der Waals surface area (Å²) in [5, 5.41) is 0.397. The molecule has 0 saturated heterocycles. The smallest absolute Gasteiger partial charge is 0.205 e. The Kier molecular flexibility index (Phi) is 2.27. The van der Waals surface area contributed by atoms with Gasteiger partial charge in [0.1, 0.15) is 11.1 Å². The Balaban J connectivity index is 3.05. The van der Waals surface area contributed by atoms with Crippen molar-refractivity contribution in [2.45, 2.75) is 13.8 Å². The molecular formula is C12H11NO3. The molecule has 2 aromatic rings. The zero-order valence-electron chi connectivity index (χ0n) is 9.03. The molecule has 2 rings (SSSR count). The molecule has 1 heterocycles. The quantitative estimate of drug-likeness (QED) is 0.739. The molecule has 0 unspecified atom stereocenters.